The normalized spacial score (nSPS) is 14.7. The van der Waals surface area contributed by atoms with E-state index in [0.29, 0.717) is 47.6 Å². The van der Waals surface area contributed by atoms with E-state index in [1.807, 2.05) is 57.2 Å². The van der Waals surface area contributed by atoms with Crippen LogP contribution in [0.1, 0.15) is 49.7 Å². The van der Waals surface area contributed by atoms with E-state index in [2.05, 4.69) is 10.3 Å². The van der Waals surface area contributed by atoms with Gasteiger partial charge in [-0.1, -0.05) is 41.9 Å². The molecule has 1 N–H and O–H groups in total. The molecular weight excluding hydrogens is 506 g/mol. The van der Waals surface area contributed by atoms with Crippen LogP contribution >= 0.6 is 11.6 Å². The molecular formula is C28H30ClN5O4. The SMILES string of the molecule is CC(C)(C)OC(=O)NC1CCN(C(=O)c2cn3c4ccccc4c(=O)n(Cc4ccccc4Cl)c3n2)CC1. The molecule has 2 amide bonds. The van der Waals surface area contributed by atoms with Gasteiger partial charge < -0.3 is 15.0 Å². The van der Waals surface area contributed by atoms with Crippen molar-refractivity contribution in [2.45, 2.75) is 51.8 Å². The van der Waals surface area contributed by atoms with Gasteiger partial charge >= 0.3 is 6.09 Å². The molecule has 0 spiro atoms. The maximum absolute atomic E-state index is 13.5. The number of rotatable bonds is 4. The molecule has 0 radical (unpaired) electrons. The minimum absolute atomic E-state index is 0.0697. The number of hydrogen-bond donors (Lipinski definition) is 1. The van der Waals surface area contributed by atoms with E-state index in [9.17, 15) is 14.4 Å². The number of nitrogens with zero attached hydrogens (tertiary/aromatic N) is 4. The lowest BCUT2D eigenvalue weighted by Gasteiger charge is -2.32. The van der Waals surface area contributed by atoms with Crippen LogP contribution in [0.3, 0.4) is 0 Å². The molecule has 2 aromatic carbocycles. The molecule has 10 heteroatoms. The smallest absolute Gasteiger partial charge is 0.407 e. The zero-order valence-electron chi connectivity index (χ0n) is 21.6. The van der Waals surface area contributed by atoms with Crippen molar-refractivity contribution in [2.24, 2.45) is 0 Å². The molecule has 3 heterocycles. The standard InChI is InChI=1S/C28H30ClN5O4/c1-28(2,3)38-27(37)30-19-12-14-32(15-13-19)25(36)22-17-33-23-11-7-5-9-20(23)24(35)34(26(33)31-22)16-18-8-4-6-10-21(18)29/h4-11,17,19H,12-16H2,1-3H3,(H,30,37). The Bertz CT molecular complexity index is 1580. The Morgan fingerprint density at radius 2 is 1.76 bits per heavy atom. The number of halogens is 1. The molecule has 5 rings (SSSR count). The van der Waals surface area contributed by atoms with Crippen molar-refractivity contribution in [1.82, 2.24) is 24.2 Å². The van der Waals surface area contributed by atoms with Crippen molar-refractivity contribution >= 4 is 40.3 Å². The Hall–Kier alpha value is -3.85. The number of amides is 2. The number of piperidine rings is 1. The molecule has 1 aliphatic heterocycles. The molecule has 0 bridgehead atoms. The third-order valence-electron chi connectivity index (χ3n) is 6.58. The zero-order valence-corrected chi connectivity index (χ0v) is 22.4. The number of para-hydroxylation sites is 1. The molecule has 0 aliphatic carbocycles. The number of aromatic nitrogens is 3. The van der Waals surface area contributed by atoms with Gasteiger partial charge in [0.1, 0.15) is 11.3 Å². The van der Waals surface area contributed by atoms with Crippen LogP contribution in [0.2, 0.25) is 5.02 Å². The van der Waals surface area contributed by atoms with Crippen LogP contribution in [0.15, 0.2) is 59.5 Å². The van der Waals surface area contributed by atoms with Crippen molar-refractivity contribution in [3.63, 3.8) is 0 Å². The van der Waals surface area contributed by atoms with Gasteiger partial charge in [0.25, 0.3) is 11.5 Å². The van der Waals surface area contributed by atoms with Gasteiger partial charge in [0.2, 0.25) is 5.78 Å². The van der Waals surface area contributed by atoms with Gasteiger partial charge in [0, 0.05) is 30.4 Å². The van der Waals surface area contributed by atoms with Crippen molar-refractivity contribution in [1.29, 1.82) is 0 Å². The number of alkyl carbamates (subject to hydrolysis) is 1. The Morgan fingerprint density at radius 3 is 2.47 bits per heavy atom. The van der Waals surface area contributed by atoms with Gasteiger partial charge in [0.05, 0.1) is 17.4 Å². The summed E-state index contributed by atoms with van der Waals surface area (Å²) in [6, 6.07) is 14.6. The predicted octanol–water partition coefficient (Wildman–Crippen LogP) is 4.48. The van der Waals surface area contributed by atoms with E-state index < -0.39 is 11.7 Å². The van der Waals surface area contributed by atoms with Crippen molar-refractivity contribution < 1.29 is 14.3 Å². The fourth-order valence-electron chi connectivity index (χ4n) is 4.74. The summed E-state index contributed by atoms with van der Waals surface area (Å²) in [7, 11) is 0. The largest absolute Gasteiger partial charge is 0.444 e. The van der Waals surface area contributed by atoms with Crippen LogP contribution < -0.4 is 10.9 Å². The molecule has 4 aromatic rings. The maximum Gasteiger partial charge on any atom is 0.407 e. The highest BCUT2D eigenvalue weighted by Gasteiger charge is 2.28. The Kier molecular flexibility index (Phi) is 6.88. The average molecular weight is 536 g/mol. The highest BCUT2D eigenvalue weighted by atomic mass is 35.5. The van der Waals surface area contributed by atoms with Crippen LogP contribution in [0, 0.1) is 0 Å². The monoisotopic (exact) mass is 535 g/mol. The Morgan fingerprint density at radius 1 is 1.08 bits per heavy atom. The van der Waals surface area contributed by atoms with E-state index in [-0.39, 0.29) is 29.7 Å². The number of fused-ring (bicyclic) bond motifs is 3. The summed E-state index contributed by atoms with van der Waals surface area (Å²) in [5.41, 5.74) is 0.943. The zero-order chi connectivity index (χ0) is 27.0. The number of hydrogen-bond acceptors (Lipinski definition) is 5. The Balaban J connectivity index is 1.42. The summed E-state index contributed by atoms with van der Waals surface area (Å²) >= 11 is 6.39. The quantitative estimate of drug-likeness (QED) is 0.415. The lowest BCUT2D eigenvalue weighted by atomic mass is 10.0. The van der Waals surface area contributed by atoms with Crippen LogP contribution in [-0.4, -0.2) is 55.6 Å². The first-order valence-corrected chi connectivity index (χ1v) is 13.0. The number of benzene rings is 2. The van der Waals surface area contributed by atoms with Crippen molar-refractivity contribution in [3.05, 3.63) is 81.4 Å². The van der Waals surface area contributed by atoms with Gasteiger partial charge in [-0.05, 0) is 57.4 Å². The van der Waals surface area contributed by atoms with E-state index in [1.165, 1.54) is 0 Å². The molecule has 9 nitrogen and oxygen atoms in total. The van der Waals surface area contributed by atoms with E-state index >= 15 is 0 Å². The van der Waals surface area contributed by atoms with E-state index in [0.717, 1.165) is 5.56 Å². The second-order valence-electron chi connectivity index (χ2n) is 10.5. The van der Waals surface area contributed by atoms with Crippen LogP contribution in [0.25, 0.3) is 16.7 Å². The summed E-state index contributed by atoms with van der Waals surface area (Å²) in [5.74, 6) is 0.156. The fourth-order valence-corrected chi connectivity index (χ4v) is 4.94. The molecule has 1 aliphatic rings. The topological polar surface area (TPSA) is 97.9 Å². The molecule has 1 saturated heterocycles. The molecule has 38 heavy (non-hydrogen) atoms. The van der Waals surface area contributed by atoms with Crippen LogP contribution in [0.5, 0.6) is 0 Å². The van der Waals surface area contributed by atoms with E-state index in [4.69, 9.17) is 16.3 Å². The second-order valence-corrected chi connectivity index (χ2v) is 10.9. The highest BCUT2D eigenvalue weighted by Crippen LogP contribution is 2.21. The summed E-state index contributed by atoms with van der Waals surface area (Å²) in [5, 5.41) is 3.97. The highest BCUT2D eigenvalue weighted by molar-refractivity contribution is 6.31. The van der Waals surface area contributed by atoms with Crippen LogP contribution in [0.4, 0.5) is 4.79 Å². The van der Waals surface area contributed by atoms with Gasteiger partial charge in [-0.25, -0.2) is 9.78 Å². The van der Waals surface area contributed by atoms with Crippen LogP contribution in [-0.2, 0) is 11.3 Å². The number of ether oxygens (including phenoxy) is 1. The fraction of sp³-hybridized carbons (Fsp3) is 0.357. The van der Waals surface area contributed by atoms with Crippen molar-refractivity contribution in [3.8, 4) is 0 Å². The average Bonchev–Trinajstić information content (AvgIpc) is 3.32. The first kappa shape index (κ1) is 25.8. The third-order valence-corrected chi connectivity index (χ3v) is 6.95. The lowest BCUT2D eigenvalue weighted by Crippen LogP contribution is -2.47. The van der Waals surface area contributed by atoms with Gasteiger partial charge in [0.15, 0.2) is 0 Å². The maximum atomic E-state index is 13.5. The first-order valence-electron chi connectivity index (χ1n) is 12.6. The predicted molar refractivity (Wildman–Crippen MR) is 146 cm³/mol. The number of nitrogens with one attached hydrogen (secondary N) is 1. The summed E-state index contributed by atoms with van der Waals surface area (Å²) < 4.78 is 8.69. The molecule has 0 atom stereocenters. The van der Waals surface area contributed by atoms with Gasteiger partial charge in [-0.3, -0.25) is 18.6 Å². The molecule has 0 saturated carbocycles. The van der Waals surface area contributed by atoms with Gasteiger partial charge in [-0.15, -0.1) is 0 Å². The minimum Gasteiger partial charge on any atom is -0.444 e. The Labute approximate surface area is 225 Å². The minimum atomic E-state index is -0.569. The molecule has 1 fully saturated rings. The number of imidazole rings is 1. The number of likely N-dealkylation sites (tertiary alicyclic amines) is 1. The first-order chi connectivity index (χ1) is 18.1. The molecule has 2 aromatic heterocycles. The van der Waals surface area contributed by atoms with Gasteiger partial charge in [-0.2, -0.15) is 0 Å². The molecule has 198 valence electrons. The second kappa shape index (κ2) is 10.1. The summed E-state index contributed by atoms with van der Waals surface area (Å²) in [6.07, 6.45) is 2.45. The lowest BCUT2D eigenvalue weighted by molar-refractivity contribution is 0.0473. The number of carbonyl (C=O) groups excluding carboxylic acids is 2. The summed E-state index contributed by atoms with van der Waals surface area (Å²) in [6.45, 7) is 6.62. The van der Waals surface area contributed by atoms with E-state index in [1.54, 1.807) is 32.2 Å². The number of carbonyl (C=O) groups is 2. The molecule has 0 unspecified atom stereocenters. The summed E-state index contributed by atoms with van der Waals surface area (Å²) in [4.78, 5) is 45.4. The van der Waals surface area contributed by atoms with Crippen molar-refractivity contribution in [2.75, 3.05) is 13.1 Å². The third kappa shape index (κ3) is 5.24.